The van der Waals surface area contributed by atoms with Gasteiger partial charge in [-0.3, -0.25) is 0 Å². The van der Waals surface area contributed by atoms with Gasteiger partial charge in [-0.25, -0.2) is 4.98 Å². The van der Waals surface area contributed by atoms with Gasteiger partial charge in [0, 0.05) is 18.1 Å². The van der Waals surface area contributed by atoms with Crippen LogP contribution in [0.2, 0.25) is 0 Å². The first kappa shape index (κ1) is 8.11. The summed E-state index contributed by atoms with van der Waals surface area (Å²) in [6.07, 6.45) is 5.35. The molecule has 0 bridgehead atoms. The zero-order valence-electron chi connectivity index (χ0n) is 7.92. The molecule has 2 N–H and O–H groups in total. The van der Waals surface area contributed by atoms with Gasteiger partial charge in [0.05, 0.1) is 6.26 Å². The highest BCUT2D eigenvalue weighted by Gasteiger charge is 2.05. The predicted octanol–water partition coefficient (Wildman–Crippen LogP) is 2.18. The third kappa shape index (κ3) is 1.27. The van der Waals surface area contributed by atoms with Crippen LogP contribution in [0.25, 0.3) is 17.1 Å². The quantitative estimate of drug-likeness (QED) is 0.653. The fraction of sp³-hybridized carbons (Fsp3) is 0. The monoisotopic (exact) mass is 199 g/mol. The summed E-state index contributed by atoms with van der Waals surface area (Å²) in [4.78, 5) is 4.41. The Hall–Kier alpha value is -2.23. The highest BCUT2D eigenvalue weighted by atomic mass is 16.3. The van der Waals surface area contributed by atoms with Gasteiger partial charge in [-0.15, -0.1) is 0 Å². The van der Waals surface area contributed by atoms with Gasteiger partial charge in [-0.2, -0.15) is 0 Å². The maximum Gasteiger partial charge on any atom is 0.153 e. The molecule has 4 heteroatoms. The average molecular weight is 199 g/mol. The van der Waals surface area contributed by atoms with Gasteiger partial charge < -0.3 is 14.6 Å². The number of nitrogens with two attached hydrogens (primary N) is 1. The van der Waals surface area contributed by atoms with E-state index in [-0.39, 0.29) is 0 Å². The van der Waals surface area contributed by atoms with Gasteiger partial charge in [-0.1, -0.05) is 0 Å². The van der Waals surface area contributed by atoms with E-state index in [2.05, 4.69) is 4.98 Å². The molecule has 3 aromatic rings. The first-order chi connectivity index (χ1) is 7.33. The lowest BCUT2D eigenvalue weighted by Gasteiger charge is -1.93. The van der Waals surface area contributed by atoms with Crippen LogP contribution in [0.5, 0.6) is 0 Å². The van der Waals surface area contributed by atoms with E-state index in [1.165, 1.54) is 0 Å². The number of aromatic nitrogens is 2. The summed E-state index contributed by atoms with van der Waals surface area (Å²) in [5, 5.41) is 0. The third-order valence-electron chi connectivity index (χ3n) is 2.25. The lowest BCUT2D eigenvalue weighted by molar-refractivity contribution is 0.580. The van der Waals surface area contributed by atoms with Crippen molar-refractivity contribution in [2.75, 3.05) is 5.73 Å². The molecule has 74 valence electrons. The topological polar surface area (TPSA) is 56.5 Å². The Bertz CT molecular complexity index is 595. The molecule has 0 fully saturated rings. The smallest absolute Gasteiger partial charge is 0.153 e. The second-order valence-electron chi connectivity index (χ2n) is 3.33. The summed E-state index contributed by atoms with van der Waals surface area (Å²) in [5.41, 5.74) is 8.06. The number of rotatable bonds is 1. The summed E-state index contributed by atoms with van der Waals surface area (Å²) < 4.78 is 7.15. The molecule has 0 aromatic carbocycles. The lowest BCUT2D eigenvalue weighted by Crippen LogP contribution is -1.88. The Morgan fingerprint density at radius 3 is 2.93 bits per heavy atom. The van der Waals surface area contributed by atoms with Crippen LogP contribution < -0.4 is 5.73 Å². The number of hydrogen-bond acceptors (Lipinski definition) is 3. The van der Waals surface area contributed by atoms with Gasteiger partial charge >= 0.3 is 0 Å². The molecule has 3 aromatic heterocycles. The van der Waals surface area contributed by atoms with Crippen molar-refractivity contribution in [2.45, 2.75) is 0 Å². The molecule has 0 unspecified atom stereocenters. The lowest BCUT2D eigenvalue weighted by atomic mass is 10.4. The number of imidazole rings is 1. The van der Waals surface area contributed by atoms with Crippen LogP contribution in [0.4, 0.5) is 5.69 Å². The van der Waals surface area contributed by atoms with Crippen molar-refractivity contribution in [3.05, 3.63) is 42.9 Å². The van der Waals surface area contributed by atoms with Crippen LogP contribution in [0.3, 0.4) is 0 Å². The van der Waals surface area contributed by atoms with Crippen LogP contribution in [0.15, 0.2) is 47.3 Å². The fourth-order valence-corrected chi connectivity index (χ4v) is 1.55. The van der Waals surface area contributed by atoms with Gasteiger partial charge in [0.2, 0.25) is 0 Å². The molecule has 0 aliphatic heterocycles. The number of anilines is 1. The van der Waals surface area contributed by atoms with E-state index in [0.29, 0.717) is 5.69 Å². The number of nitrogen functional groups attached to an aromatic ring is 1. The minimum absolute atomic E-state index is 0.714. The molecule has 3 heterocycles. The van der Waals surface area contributed by atoms with Crippen LogP contribution in [-0.4, -0.2) is 9.38 Å². The molecule has 0 saturated carbocycles. The van der Waals surface area contributed by atoms with E-state index in [4.69, 9.17) is 10.2 Å². The Kier molecular flexibility index (Phi) is 1.56. The summed E-state index contributed by atoms with van der Waals surface area (Å²) in [7, 11) is 0. The zero-order valence-corrected chi connectivity index (χ0v) is 7.92. The van der Waals surface area contributed by atoms with Crippen LogP contribution >= 0.6 is 0 Å². The molecule has 0 atom stereocenters. The second-order valence-corrected chi connectivity index (χ2v) is 3.33. The number of nitrogens with zero attached hydrogens (tertiary/aromatic N) is 2. The number of furan rings is 1. The SMILES string of the molecule is Nc1ccc2nc(-c3ccco3)cn2c1. The molecular weight excluding hydrogens is 190 g/mol. The molecule has 0 saturated heterocycles. The van der Waals surface area contributed by atoms with Gasteiger partial charge in [0.25, 0.3) is 0 Å². The van der Waals surface area contributed by atoms with E-state index in [0.717, 1.165) is 17.1 Å². The summed E-state index contributed by atoms with van der Waals surface area (Å²) in [6.45, 7) is 0. The normalized spacial score (nSPS) is 10.9. The molecule has 4 nitrogen and oxygen atoms in total. The van der Waals surface area contributed by atoms with Crippen molar-refractivity contribution in [2.24, 2.45) is 0 Å². The summed E-state index contributed by atoms with van der Waals surface area (Å²) in [6, 6.07) is 7.43. The fourth-order valence-electron chi connectivity index (χ4n) is 1.55. The highest BCUT2D eigenvalue weighted by Crippen LogP contribution is 2.19. The van der Waals surface area contributed by atoms with E-state index in [1.807, 2.05) is 41.1 Å². The van der Waals surface area contributed by atoms with Crippen molar-refractivity contribution in [1.82, 2.24) is 9.38 Å². The maximum atomic E-state index is 5.68. The Morgan fingerprint density at radius 1 is 1.20 bits per heavy atom. The van der Waals surface area contributed by atoms with Gasteiger partial charge in [-0.05, 0) is 24.3 Å². The average Bonchev–Trinajstić information content (AvgIpc) is 2.84. The first-order valence-corrected chi connectivity index (χ1v) is 4.61. The largest absolute Gasteiger partial charge is 0.463 e. The number of fused-ring (bicyclic) bond motifs is 1. The Labute approximate surface area is 86.0 Å². The number of pyridine rings is 1. The van der Waals surface area contributed by atoms with Gasteiger partial charge in [0.1, 0.15) is 11.3 Å². The molecule has 0 aliphatic rings. The molecule has 3 rings (SSSR count). The molecule has 15 heavy (non-hydrogen) atoms. The molecule has 0 radical (unpaired) electrons. The predicted molar refractivity (Wildman–Crippen MR) is 57.3 cm³/mol. The first-order valence-electron chi connectivity index (χ1n) is 4.61. The Morgan fingerprint density at radius 2 is 2.13 bits per heavy atom. The van der Waals surface area contributed by atoms with Crippen molar-refractivity contribution in [3.63, 3.8) is 0 Å². The van der Waals surface area contributed by atoms with E-state index in [1.54, 1.807) is 6.26 Å². The second kappa shape index (κ2) is 2.88. The minimum atomic E-state index is 0.714. The van der Waals surface area contributed by atoms with E-state index in [9.17, 15) is 0 Å². The molecule has 0 amide bonds. The van der Waals surface area contributed by atoms with E-state index < -0.39 is 0 Å². The highest BCUT2D eigenvalue weighted by molar-refractivity contribution is 5.58. The van der Waals surface area contributed by atoms with Crippen LogP contribution in [0, 0.1) is 0 Å². The molecule has 0 spiro atoms. The van der Waals surface area contributed by atoms with Crippen LogP contribution in [0.1, 0.15) is 0 Å². The van der Waals surface area contributed by atoms with Crippen molar-refractivity contribution in [1.29, 1.82) is 0 Å². The third-order valence-corrected chi connectivity index (χ3v) is 2.25. The zero-order chi connectivity index (χ0) is 10.3. The maximum absolute atomic E-state index is 5.68. The summed E-state index contributed by atoms with van der Waals surface area (Å²) >= 11 is 0. The molecule has 0 aliphatic carbocycles. The summed E-state index contributed by atoms with van der Waals surface area (Å²) in [5.74, 6) is 0.761. The van der Waals surface area contributed by atoms with Gasteiger partial charge in [0.15, 0.2) is 5.76 Å². The van der Waals surface area contributed by atoms with Crippen LogP contribution in [-0.2, 0) is 0 Å². The minimum Gasteiger partial charge on any atom is -0.463 e. The molecular formula is C11H9N3O. The van der Waals surface area contributed by atoms with Crippen molar-refractivity contribution < 1.29 is 4.42 Å². The van der Waals surface area contributed by atoms with E-state index >= 15 is 0 Å². The van der Waals surface area contributed by atoms with Crippen molar-refractivity contribution >= 4 is 11.3 Å². The number of hydrogen-bond donors (Lipinski definition) is 1. The van der Waals surface area contributed by atoms with Crippen molar-refractivity contribution in [3.8, 4) is 11.5 Å². The standard InChI is InChI=1S/C11H9N3O/c12-8-3-4-11-13-9(7-14(11)6-8)10-2-1-5-15-10/h1-7H,12H2. The Balaban J connectivity index is 2.22.